The zero-order chi connectivity index (χ0) is 28.7. The Morgan fingerprint density at radius 3 is 2.52 bits per heavy atom. The van der Waals surface area contributed by atoms with Gasteiger partial charge in [-0.2, -0.15) is 5.10 Å². The summed E-state index contributed by atoms with van der Waals surface area (Å²) in [6.45, 7) is 9.70. The van der Waals surface area contributed by atoms with E-state index in [2.05, 4.69) is 10.1 Å². The summed E-state index contributed by atoms with van der Waals surface area (Å²) in [7, 11) is 1.64. The van der Waals surface area contributed by atoms with Gasteiger partial charge in [0.15, 0.2) is 5.69 Å². The number of nitrogens with zero attached hydrogens (tertiary/aromatic N) is 5. The second-order valence-corrected chi connectivity index (χ2v) is 10.4. The summed E-state index contributed by atoms with van der Waals surface area (Å²) in [5, 5.41) is 5.06. The molecule has 0 spiro atoms. The van der Waals surface area contributed by atoms with E-state index < -0.39 is 17.7 Å². The van der Waals surface area contributed by atoms with Crippen molar-refractivity contribution >= 4 is 35.9 Å². The molecule has 0 aliphatic heterocycles. The van der Waals surface area contributed by atoms with Crippen LogP contribution in [0, 0.1) is 6.92 Å². The number of halogens is 1. The molecule has 0 bridgehead atoms. The third kappa shape index (κ3) is 8.29. The highest BCUT2D eigenvalue weighted by atomic mass is 35.5. The Kier molecular flexibility index (Phi) is 11.2. The van der Waals surface area contributed by atoms with Gasteiger partial charge in [-0.3, -0.25) is 9.69 Å². The summed E-state index contributed by atoms with van der Waals surface area (Å²) < 4.78 is 12.3. The summed E-state index contributed by atoms with van der Waals surface area (Å²) in [6, 6.07) is 10.7. The molecule has 0 atom stereocenters. The molecule has 0 N–H and O–H groups in total. The van der Waals surface area contributed by atoms with E-state index in [0.717, 1.165) is 11.3 Å². The minimum atomic E-state index is -0.607. The van der Waals surface area contributed by atoms with E-state index in [9.17, 15) is 14.4 Å². The molecule has 0 fully saturated rings. The van der Waals surface area contributed by atoms with Crippen molar-refractivity contribution in [3.8, 4) is 5.69 Å². The first-order valence-electron chi connectivity index (χ1n) is 12.6. The van der Waals surface area contributed by atoms with Crippen molar-refractivity contribution in [1.82, 2.24) is 19.7 Å². The largest absolute Gasteiger partial charge is 0.461 e. The molecule has 2 amide bonds. The lowest BCUT2D eigenvalue weighted by molar-refractivity contribution is -0.107. The van der Waals surface area contributed by atoms with Gasteiger partial charge >= 0.3 is 12.1 Å². The van der Waals surface area contributed by atoms with Gasteiger partial charge in [-0.1, -0.05) is 25.1 Å². The van der Waals surface area contributed by atoms with Crippen molar-refractivity contribution in [3.63, 3.8) is 0 Å². The molecule has 0 aliphatic carbocycles. The zero-order valence-electron chi connectivity index (χ0n) is 23.1. The van der Waals surface area contributed by atoms with Crippen molar-refractivity contribution in [3.05, 3.63) is 70.1 Å². The molecule has 3 aromatic rings. The van der Waals surface area contributed by atoms with Crippen LogP contribution in [0.15, 0.2) is 42.6 Å². The van der Waals surface area contributed by atoms with E-state index in [-0.39, 0.29) is 32.8 Å². The Bertz CT molecular complexity index is 1330. The summed E-state index contributed by atoms with van der Waals surface area (Å²) in [5.74, 6) is -0.128. The molecule has 0 unspecified atom stereocenters. The predicted octanol–water partition coefficient (Wildman–Crippen LogP) is 5.61. The number of carbonyl (C=O) groups excluding carboxylic acids is 3. The topological polar surface area (TPSA) is 107 Å². The first-order chi connectivity index (χ1) is 18.4. The van der Waals surface area contributed by atoms with Crippen LogP contribution in [0.1, 0.15) is 62.4 Å². The van der Waals surface area contributed by atoms with Crippen molar-refractivity contribution in [1.29, 1.82) is 0 Å². The molecule has 2 aromatic heterocycles. The Hall–Kier alpha value is -3.92. The molecule has 40 heavy (non-hydrogen) atoms. The van der Waals surface area contributed by atoms with Gasteiger partial charge in [-0.25, -0.2) is 19.3 Å². The SMILES string of the molecule is C.CCOC(=O)c1nn(-c2cccc(Cl)c2)c(C)c1CCN(C=O)c1cc(CN(C)C(=O)OC(C)(C)C)ccn1. The Balaban J connectivity index is 0.00000560. The van der Waals surface area contributed by atoms with Gasteiger partial charge in [0.2, 0.25) is 6.41 Å². The van der Waals surface area contributed by atoms with Crippen molar-refractivity contribution in [2.75, 3.05) is 25.1 Å². The van der Waals surface area contributed by atoms with E-state index in [1.807, 2.05) is 13.0 Å². The quantitative estimate of drug-likeness (QED) is 0.230. The van der Waals surface area contributed by atoms with Gasteiger partial charge in [0.1, 0.15) is 11.4 Å². The number of carbonyl (C=O) groups is 3. The highest BCUT2D eigenvalue weighted by molar-refractivity contribution is 6.30. The maximum atomic E-state index is 12.7. The van der Waals surface area contributed by atoms with Crippen LogP contribution < -0.4 is 4.90 Å². The fraction of sp³-hybridized carbons (Fsp3) is 0.414. The molecular formula is C29H38ClN5O5. The lowest BCUT2D eigenvalue weighted by Gasteiger charge is -2.25. The molecule has 11 heteroatoms. The van der Waals surface area contributed by atoms with Crippen LogP contribution in [0.4, 0.5) is 10.6 Å². The second kappa shape index (κ2) is 13.9. The van der Waals surface area contributed by atoms with Crippen LogP contribution in [-0.4, -0.2) is 63.9 Å². The monoisotopic (exact) mass is 571 g/mol. The number of ether oxygens (including phenoxy) is 2. The number of hydrogen-bond donors (Lipinski definition) is 0. The molecule has 0 radical (unpaired) electrons. The van der Waals surface area contributed by atoms with Crippen molar-refractivity contribution < 1.29 is 23.9 Å². The number of benzene rings is 1. The summed E-state index contributed by atoms with van der Waals surface area (Å²) in [4.78, 5) is 44.4. The van der Waals surface area contributed by atoms with Gasteiger partial charge < -0.3 is 14.4 Å². The third-order valence-corrected chi connectivity index (χ3v) is 5.96. The van der Waals surface area contributed by atoms with Gasteiger partial charge in [0, 0.05) is 42.6 Å². The van der Waals surface area contributed by atoms with Gasteiger partial charge in [-0.15, -0.1) is 0 Å². The smallest absolute Gasteiger partial charge is 0.410 e. The normalized spacial score (nSPS) is 10.9. The molecule has 3 rings (SSSR count). The highest BCUT2D eigenvalue weighted by Crippen LogP contribution is 2.23. The summed E-state index contributed by atoms with van der Waals surface area (Å²) >= 11 is 6.17. The average molecular weight is 572 g/mol. The minimum Gasteiger partial charge on any atom is -0.461 e. The molecule has 0 aliphatic rings. The van der Waals surface area contributed by atoms with Crippen LogP contribution in [0.2, 0.25) is 5.02 Å². The molecule has 10 nitrogen and oxygen atoms in total. The second-order valence-electron chi connectivity index (χ2n) is 9.93. The first-order valence-corrected chi connectivity index (χ1v) is 12.9. The highest BCUT2D eigenvalue weighted by Gasteiger charge is 2.24. The summed E-state index contributed by atoms with van der Waals surface area (Å²) in [5.41, 5.74) is 2.43. The third-order valence-electron chi connectivity index (χ3n) is 5.72. The Morgan fingerprint density at radius 1 is 1.18 bits per heavy atom. The fourth-order valence-corrected chi connectivity index (χ4v) is 4.09. The fourth-order valence-electron chi connectivity index (χ4n) is 3.90. The maximum Gasteiger partial charge on any atom is 0.410 e. The lowest BCUT2D eigenvalue weighted by atomic mass is 10.1. The van der Waals surface area contributed by atoms with E-state index in [1.165, 1.54) is 9.80 Å². The van der Waals surface area contributed by atoms with Crippen LogP contribution >= 0.6 is 11.6 Å². The lowest BCUT2D eigenvalue weighted by Crippen LogP contribution is -2.34. The van der Waals surface area contributed by atoms with E-state index in [4.69, 9.17) is 21.1 Å². The molecule has 216 valence electrons. The number of anilines is 1. The van der Waals surface area contributed by atoms with Crippen LogP contribution in [0.3, 0.4) is 0 Å². The van der Waals surface area contributed by atoms with E-state index in [0.29, 0.717) is 34.9 Å². The molecule has 0 saturated carbocycles. The minimum absolute atomic E-state index is 0. The van der Waals surface area contributed by atoms with E-state index >= 15 is 0 Å². The first kappa shape index (κ1) is 32.3. The van der Waals surface area contributed by atoms with Crippen molar-refractivity contribution in [2.45, 2.75) is 60.6 Å². The standard InChI is InChI=1S/C28H34ClN5O5.CH4/c1-7-38-26(36)25-23(19(2)34(31-25)22-10-8-9-21(29)16-22)12-14-33(18-35)24-15-20(11-13-30-24)17-32(6)27(37)39-28(3,4)5;/h8-11,13,15-16,18H,7,12,14,17H2,1-6H3;1H4. The van der Waals surface area contributed by atoms with Crippen LogP contribution in [0.5, 0.6) is 0 Å². The summed E-state index contributed by atoms with van der Waals surface area (Å²) in [6.07, 6.45) is 2.14. The molecule has 1 aromatic carbocycles. The Morgan fingerprint density at radius 2 is 1.90 bits per heavy atom. The van der Waals surface area contributed by atoms with Crippen LogP contribution in [-0.2, 0) is 27.2 Å². The van der Waals surface area contributed by atoms with Crippen molar-refractivity contribution in [2.24, 2.45) is 0 Å². The van der Waals surface area contributed by atoms with Crippen LogP contribution in [0.25, 0.3) is 5.69 Å². The molecule has 0 saturated heterocycles. The van der Waals surface area contributed by atoms with E-state index in [1.54, 1.807) is 76.0 Å². The number of aromatic nitrogens is 3. The number of amides is 2. The maximum absolute atomic E-state index is 12.7. The number of pyridine rings is 1. The molecular weight excluding hydrogens is 534 g/mol. The number of esters is 1. The Labute approximate surface area is 240 Å². The predicted molar refractivity (Wildman–Crippen MR) is 155 cm³/mol. The number of rotatable bonds is 10. The number of hydrogen-bond acceptors (Lipinski definition) is 7. The van der Waals surface area contributed by atoms with Gasteiger partial charge in [0.05, 0.1) is 12.3 Å². The molecule has 2 heterocycles. The van der Waals surface area contributed by atoms with Gasteiger partial charge in [0.25, 0.3) is 0 Å². The average Bonchev–Trinajstić information content (AvgIpc) is 3.20. The van der Waals surface area contributed by atoms with Gasteiger partial charge in [-0.05, 0) is 76.9 Å². The zero-order valence-corrected chi connectivity index (χ0v) is 23.9.